The molecule has 4 heteroatoms. The molecule has 0 spiro atoms. The maximum absolute atomic E-state index is 5.90. The Kier molecular flexibility index (Phi) is 4.56. The van der Waals surface area contributed by atoms with E-state index in [1.54, 1.807) is 11.3 Å². The van der Waals surface area contributed by atoms with Crippen LogP contribution < -0.4 is 10.1 Å². The number of rotatable bonds is 6. The van der Waals surface area contributed by atoms with Gasteiger partial charge in [0.05, 0.1) is 9.88 Å². The Balaban J connectivity index is 1.64. The highest BCUT2D eigenvalue weighted by Gasteiger charge is 2.21. The van der Waals surface area contributed by atoms with Crippen LogP contribution in [-0.4, -0.2) is 11.5 Å². The molecule has 0 radical (unpaired) electrons. The summed E-state index contributed by atoms with van der Waals surface area (Å²) in [5.74, 6) is 0.968. The van der Waals surface area contributed by atoms with Crippen molar-refractivity contribution < 1.29 is 4.74 Å². The minimum atomic E-state index is 0.526. The van der Waals surface area contributed by atoms with Crippen LogP contribution in [-0.2, 0) is 13.0 Å². The van der Waals surface area contributed by atoms with Gasteiger partial charge in [0.15, 0.2) is 0 Å². The molecule has 1 aliphatic carbocycles. The number of ether oxygens (including phenoxy) is 1. The largest absolute Gasteiger partial charge is 0.488 e. The highest BCUT2D eigenvalue weighted by atomic mass is 32.1. The zero-order chi connectivity index (χ0) is 14.7. The molecule has 0 fully saturated rings. The Bertz CT molecular complexity index is 609. The molecule has 3 nitrogen and oxygen atoms in total. The Morgan fingerprint density at radius 1 is 1.43 bits per heavy atom. The fraction of sp³-hybridized carbons (Fsp3) is 0.471. The van der Waals surface area contributed by atoms with Crippen molar-refractivity contribution >= 4 is 11.3 Å². The average molecular weight is 302 g/mol. The van der Waals surface area contributed by atoms with Crippen LogP contribution in [0.2, 0.25) is 0 Å². The first kappa shape index (κ1) is 14.5. The predicted molar refractivity (Wildman–Crippen MR) is 87.0 cm³/mol. The van der Waals surface area contributed by atoms with Crippen molar-refractivity contribution in [2.24, 2.45) is 0 Å². The molecular weight excluding hydrogens is 280 g/mol. The van der Waals surface area contributed by atoms with Crippen molar-refractivity contribution in [1.82, 2.24) is 10.3 Å². The topological polar surface area (TPSA) is 34.1 Å². The van der Waals surface area contributed by atoms with E-state index in [2.05, 4.69) is 35.4 Å². The third-order valence-corrected chi connectivity index (χ3v) is 4.77. The van der Waals surface area contributed by atoms with Crippen LogP contribution in [0.25, 0.3) is 0 Å². The van der Waals surface area contributed by atoms with E-state index in [1.165, 1.54) is 28.8 Å². The highest BCUT2D eigenvalue weighted by Crippen LogP contribution is 2.33. The Morgan fingerprint density at radius 3 is 3.10 bits per heavy atom. The molecule has 1 heterocycles. The van der Waals surface area contributed by atoms with Gasteiger partial charge in [0, 0.05) is 12.2 Å². The summed E-state index contributed by atoms with van der Waals surface area (Å²) in [7, 11) is 0. The fourth-order valence-corrected chi connectivity index (χ4v) is 3.55. The third-order valence-electron chi connectivity index (χ3n) is 3.88. The van der Waals surface area contributed by atoms with Gasteiger partial charge in [-0.3, -0.25) is 0 Å². The molecule has 1 atom stereocenters. The molecule has 1 unspecified atom stereocenters. The lowest BCUT2D eigenvalue weighted by Crippen LogP contribution is -2.19. The smallest absolute Gasteiger partial charge is 0.124 e. The first-order chi connectivity index (χ1) is 10.3. The quantitative estimate of drug-likeness (QED) is 0.875. The molecule has 1 N–H and O–H groups in total. The number of nitrogens with one attached hydrogen (secondary N) is 1. The average Bonchev–Trinajstić information content (AvgIpc) is 3.09. The number of aryl methyl sites for hydroxylation is 2. The molecule has 0 saturated carbocycles. The minimum Gasteiger partial charge on any atom is -0.488 e. The van der Waals surface area contributed by atoms with Crippen LogP contribution >= 0.6 is 11.3 Å². The number of fused-ring (bicyclic) bond motifs is 1. The van der Waals surface area contributed by atoms with Crippen LogP contribution in [0, 0.1) is 6.92 Å². The van der Waals surface area contributed by atoms with E-state index in [0.717, 1.165) is 23.7 Å². The molecule has 0 aliphatic heterocycles. The van der Waals surface area contributed by atoms with E-state index < -0.39 is 0 Å². The molecule has 1 aromatic heterocycles. The molecule has 3 rings (SSSR count). The van der Waals surface area contributed by atoms with Gasteiger partial charge >= 0.3 is 0 Å². The maximum Gasteiger partial charge on any atom is 0.124 e. The summed E-state index contributed by atoms with van der Waals surface area (Å²) in [5.41, 5.74) is 2.88. The van der Waals surface area contributed by atoms with Crippen molar-refractivity contribution in [2.75, 3.05) is 6.54 Å². The van der Waals surface area contributed by atoms with E-state index in [-0.39, 0.29) is 0 Å². The highest BCUT2D eigenvalue weighted by molar-refractivity contribution is 7.11. The van der Waals surface area contributed by atoms with E-state index in [4.69, 9.17) is 4.74 Å². The predicted octanol–water partition coefficient (Wildman–Crippen LogP) is 4.02. The van der Waals surface area contributed by atoms with Gasteiger partial charge in [-0.25, -0.2) is 4.98 Å². The van der Waals surface area contributed by atoms with Gasteiger partial charge < -0.3 is 10.1 Å². The molecule has 2 aromatic rings. The van der Waals surface area contributed by atoms with Gasteiger partial charge in [0.1, 0.15) is 12.4 Å². The van der Waals surface area contributed by atoms with E-state index in [0.29, 0.717) is 12.6 Å². The van der Waals surface area contributed by atoms with Gasteiger partial charge in [-0.1, -0.05) is 13.0 Å². The summed E-state index contributed by atoms with van der Waals surface area (Å²) in [4.78, 5) is 5.43. The SMILES string of the molecule is CCCNC1CCc2cc(OCc3cnc(C)s3)ccc21. The van der Waals surface area contributed by atoms with Crippen LogP contribution in [0.4, 0.5) is 0 Å². The monoisotopic (exact) mass is 302 g/mol. The summed E-state index contributed by atoms with van der Waals surface area (Å²) >= 11 is 1.70. The lowest BCUT2D eigenvalue weighted by molar-refractivity contribution is 0.309. The van der Waals surface area contributed by atoms with Crippen molar-refractivity contribution in [3.05, 3.63) is 45.4 Å². The van der Waals surface area contributed by atoms with Crippen molar-refractivity contribution in [1.29, 1.82) is 0 Å². The first-order valence-corrected chi connectivity index (χ1v) is 8.48. The normalized spacial score (nSPS) is 17.0. The van der Waals surface area contributed by atoms with Crippen molar-refractivity contribution in [3.63, 3.8) is 0 Å². The lowest BCUT2D eigenvalue weighted by atomic mass is 10.1. The van der Waals surface area contributed by atoms with Gasteiger partial charge in [-0.2, -0.15) is 0 Å². The molecule has 0 saturated heterocycles. The summed E-state index contributed by atoms with van der Waals surface area (Å²) in [5, 5.41) is 4.71. The van der Waals surface area contributed by atoms with Gasteiger partial charge in [0.2, 0.25) is 0 Å². The molecule has 0 bridgehead atoms. The Labute approximate surface area is 130 Å². The number of aromatic nitrogens is 1. The fourth-order valence-electron chi connectivity index (χ4n) is 2.84. The van der Waals surface area contributed by atoms with Crippen LogP contribution in [0.1, 0.15) is 46.8 Å². The standard InChI is InChI=1S/C17H22N2OS/c1-3-8-18-17-7-4-13-9-14(5-6-16(13)17)20-11-15-10-19-12(2)21-15/h5-6,9-10,17-18H,3-4,7-8,11H2,1-2H3. The summed E-state index contributed by atoms with van der Waals surface area (Å²) in [6, 6.07) is 7.05. The summed E-state index contributed by atoms with van der Waals surface area (Å²) in [6.07, 6.45) is 5.43. The number of thiazole rings is 1. The van der Waals surface area contributed by atoms with E-state index >= 15 is 0 Å². The molecule has 0 amide bonds. The third kappa shape index (κ3) is 3.44. The molecule has 21 heavy (non-hydrogen) atoms. The van der Waals surface area contributed by atoms with Crippen LogP contribution in [0.15, 0.2) is 24.4 Å². The second-order valence-corrected chi connectivity index (χ2v) is 6.86. The van der Waals surface area contributed by atoms with Gasteiger partial charge in [-0.05, 0) is 56.0 Å². The number of benzene rings is 1. The first-order valence-electron chi connectivity index (χ1n) is 7.66. The minimum absolute atomic E-state index is 0.526. The zero-order valence-corrected chi connectivity index (χ0v) is 13.5. The molecule has 112 valence electrons. The van der Waals surface area contributed by atoms with E-state index in [9.17, 15) is 0 Å². The molecule has 1 aromatic carbocycles. The zero-order valence-electron chi connectivity index (χ0n) is 12.7. The molecule has 1 aliphatic rings. The molecular formula is C17H22N2OS. The van der Waals surface area contributed by atoms with Crippen molar-refractivity contribution in [2.45, 2.75) is 45.8 Å². The second kappa shape index (κ2) is 6.58. The second-order valence-electron chi connectivity index (χ2n) is 5.54. The number of nitrogens with zero attached hydrogens (tertiary/aromatic N) is 1. The summed E-state index contributed by atoms with van der Waals surface area (Å²) < 4.78 is 5.90. The van der Waals surface area contributed by atoms with Gasteiger partial charge in [0.25, 0.3) is 0 Å². The summed E-state index contributed by atoms with van der Waals surface area (Å²) in [6.45, 7) is 5.93. The van der Waals surface area contributed by atoms with Gasteiger partial charge in [-0.15, -0.1) is 11.3 Å². The Hall–Kier alpha value is -1.39. The van der Waals surface area contributed by atoms with E-state index in [1.807, 2.05) is 13.1 Å². The van der Waals surface area contributed by atoms with Crippen LogP contribution in [0.3, 0.4) is 0 Å². The number of hydrogen-bond donors (Lipinski definition) is 1. The van der Waals surface area contributed by atoms with Crippen molar-refractivity contribution in [3.8, 4) is 5.75 Å². The Morgan fingerprint density at radius 2 is 2.33 bits per heavy atom. The number of hydrogen-bond acceptors (Lipinski definition) is 4. The maximum atomic E-state index is 5.90. The van der Waals surface area contributed by atoms with Crippen LogP contribution in [0.5, 0.6) is 5.75 Å². The lowest BCUT2D eigenvalue weighted by Gasteiger charge is -2.13.